The standard InChI is InChI=1S/C25H30N4O2/c1-3-28-12-14-29(15-13-28)18-20-9-5-4-8-19(20)17-26-25(31)22-16-24(30)27(2)23-11-7-6-10-21(22)23/h4-11,16H,3,12-15,17-18H2,1-2H3,(H,26,31). The van der Waals surface area contributed by atoms with Gasteiger partial charge in [-0.05, 0) is 23.7 Å². The first-order valence-corrected chi connectivity index (χ1v) is 10.9. The lowest BCUT2D eigenvalue weighted by molar-refractivity contribution is 0.0952. The van der Waals surface area contributed by atoms with Crippen molar-refractivity contribution in [2.75, 3.05) is 32.7 Å². The molecule has 1 N–H and O–H groups in total. The first-order valence-electron chi connectivity index (χ1n) is 10.9. The van der Waals surface area contributed by atoms with E-state index in [-0.39, 0.29) is 11.5 Å². The van der Waals surface area contributed by atoms with E-state index in [0.717, 1.165) is 55.7 Å². The number of nitrogens with one attached hydrogen (secondary N) is 1. The summed E-state index contributed by atoms with van der Waals surface area (Å²) < 4.78 is 1.57. The minimum absolute atomic E-state index is 0.185. The van der Waals surface area contributed by atoms with Crippen molar-refractivity contribution in [2.45, 2.75) is 20.0 Å². The van der Waals surface area contributed by atoms with Gasteiger partial charge in [0.1, 0.15) is 0 Å². The summed E-state index contributed by atoms with van der Waals surface area (Å²) in [7, 11) is 1.73. The first-order chi connectivity index (χ1) is 15.1. The Morgan fingerprint density at radius 2 is 1.58 bits per heavy atom. The second-order valence-electron chi connectivity index (χ2n) is 8.13. The van der Waals surface area contributed by atoms with Crippen LogP contribution in [0.15, 0.2) is 59.4 Å². The van der Waals surface area contributed by atoms with Crippen LogP contribution in [0.3, 0.4) is 0 Å². The topological polar surface area (TPSA) is 57.6 Å². The number of aryl methyl sites for hydroxylation is 1. The van der Waals surface area contributed by atoms with Crippen molar-refractivity contribution < 1.29 is 4.79 Å². The van der Waals surface area contributed by atoms with E-state index in [0.29, 0.717) is 12.1 Å². The number of para-hydroxylation sites is 1. The van der Waals surface area contributed by atoms with Crippen molar-refractivity contribution in [1.29, 1.82) is 0 Å². The van der Waals surface area contributed by atoms with Crippen LogP contribution >= 0.6 is 0 Å². The molecule has 1 aliphatic rings. The van der Waals surface area contributed by atoms with Crippen LogP contribution in [-0.2, 0) is 20.1 Å². The molecule has 6 nitrogen and oxygen atoms in total. The molecule has 0 atom stereocenters. The molecular weight excluding hydrogens is 388 g/mol. The van der Waals surface area contributed by atoms with E-state index in [2.05, 4.69) is 40.2 Å². The highest BCUT2D eigenvalue weighted by molar-refractivity contribution is 6.06. The van der Waals surface area contributed by atoms with Gasteiger partial charge in [-0.15, -0.1) is 0 Å². The number of pyridine rings is 1. The average Bonchev–Trinajstić information content (AvgIpc) is 2.81. The molecule has 1 saturated heterocycles. The molecule has 0 unspecified atom stereocenters. The van der Waals surface area contributed by atoms with Crippen molar-refractivity contribution in [3.8, 4) is 0 Å². The average molecular weight is 419 g/mol. The van der Waals surface area contributed by atoms with Crippen LogP contribution in [0.2, 0.25) is 0 Å². The number of rotatable bonds is 6. The molecule has 162 valence electrons. The van der Waals surface area contributed by atoms with Crippen LogP contribution in [0.5, 0.6) is 0 Å². The molecule has 2 heterocycles. The van der Waals surface area contributed by atoms with Crippen LogP contribution in [0.1, 0.15) is 28.4 Å². The van der Waals surface area contributed by atoms with Crippen LogP contribution in [0, 0.1) is 0 Å². The molecule has 4 rings (SSSR count). The Kier molecular flexibility index (Phi) is 6.49. The fraction of sp³-hybridized carbons (Fsp3) is 0.360. The number of aromatic nitrogens is 1. The Morgan fingerprint density at radius 1 is 0.935 bits per heavy atom. The van der Waals surface area contributed by atoms with E-state index in [9.17, 15) is 9.59 Å². The van der Waals surface area contributed by atoms with Gasteiger partial charge in [0.2, 0.25) is 0 Å². The lowest BCUT2D eigenvalue weighted by atomic mass is 10.1. The molecule has 2 aromatic carbocycles. The number of benzene rings is 2. The Balaban J connectivity index is 1.48. The summed E-state index contributed by atoms with van der Waals surface area (Å²) in [5.41, 5.74) is 3.35. The van der Waals surface area contributed by atoms with Gasteiger partial charge in [-0.2, -0.15) is 0 Å². The quantitative estimate of drug-likeness (QED) is 0.669. The van der Waals surface area contributed by atoms with Crippen LogP contribution in [0.25, 0.3) is 10.9 Å². The Hall–Kier alpha value is -2.96. The highest BCUT2D eigenvalue weighted by Crippen LogP contribution is 2.17. The number of carbonyl (C=O) groups is 1. The SMILES string of the molecule is CCN1CCN(Cc2ccccc2CNC(=O)c2cc(=O)n(C)c3ccccc23)CC1. The van der Waals surface area contributed by atoms with Gasteiger partial charge in [0.15, 0.2) is 0 Å². The Labute approximate surface area is 183 Å². The molecule has 0 bridgehead atoms. The number of hydrogen-bond acceptors (Lipinski definition) is 4. The van der Waals surface area contributed by atoms with Crippen LogP contribution in [0.4, 0.5) is 0 Å². The van der Waals surface area contributed by atoms with Gasteiger partial charge in [-0.3, -0.25) is 14.5 Å². The van der Waals surface area contributed by atoms with Gasteiger partial charge in [0, 0.05) is 57.8 Å². The highest BCUT2D eigenvalue weighted by Gasteiger charge is 2.17. The maximum Gasteiger partial charge on any atom is 0.252 e. The third-order valence-electron chi connectivity index (χ3n) is 6.26. The molecule has 0 aliphatic carbocycles. The number of likely N-dealkylation sites (N-methyl/N-ethyl adjacent to an activating group) is 1. The molecular formula is C25H30N4O2. The molecule has 1 aliphatic heterocycles. The maximum atomic E-state index is 13.0. The van der Waals surface area contributed by atoms with Gasteiger partial charge in [-0.25, -0.2) is 0 Å². The summed E-state index contributed by atoms with van der Waals surface area (Å²) in [6.45, 7) is 8.97. The van der Waals surface area contributed by atoms with E-state index in [1.54, 1.807) is 11.6 Å². The fourth-order valence-corrected chi connectivity index (χ4v) is 4.26. The highest BCUT2D eigenvalue weighted by atomic mass is 16.2. The van der Waals surface area contributed by atoms with Gasteiger partial charge in [0.25, 0.3) is 11.5 Å². The normalized spacial score (nSPS) is 15.3. The Morgan fingerprint density at radius 3 is 2.32 bits per heavy atom. The molecule has 6 heteroatoms. The van der Waals surface area contributed by atoms with E-state index in [1.165, 1.54) is 11.6 Å². The molecule has 1 amide bonds. The molecule has 31 heavy (non-hydrogen) atoms. The van der Waals surface area contributed by atoms with Crippen molar-refractivity contribution >= 4 is 16.8 Å². The molecule has 0 radical (unpaired) electrons. The number of hydrogen-bond donors (Lipinski definition) is 1. The number of amides is 1. The third-order valence-corrected chi connectivity index (χ3v) is 6.26. The predicted molar refractivity (Wildman–Crippen MR) is 124 cm³/mol. The van der Waals surface area contributed by atoms with Crippen molar-refractivity contribution in [3.05, 3.63) is 81.6 Å². The maximum absolute atomic E-state index is 13.0. The molecule has 1 aromatic heterocycles. The van der Waals surface area contributed by atoms with Gasteiger partial charge < -0.3 is 14.8 Å². The largest absolute Gasteiger partial charge is 0.348 e. The Bertz CT molecular complexity index is 1130. The number of fused-ring (bicyclic) bond motifs is 1. The van der Waals surface area contributed by atoms with E-state index in [4.69, 9.17) is 0 Å². The van der Waals surface area contributed by atoms with Crippen LogP contribution in [-0.4, -0.2) is 53.0 Å². The summed E-state index contributed by atoms with van der Waals surface area (Å²) in [5, 5.41) is 3.82. The zero-order valence-electron chi connectivity index (χ0n) is 18.3. The zero-order chi connectivity index (χ0) is 21.8. The first kappa shape index (κ1) is 21.3. The second-order valence-corrected chi connectivity index (χ2v) is 8.13. The van der Waals surface area contributed by atoms with Gasteiger partial charge >= 0.3 is 0 Å². The summed E-state index contributed by atoms with van der Waals surface area (Å²) in [5.74, 6) is -0.222. The summed E-state index contributed by atoms with van der Waals surface area (Å²) in [4.78, 5) is 30.3. The van der Waals surface area contributed by atoms with Crippen LogP contribution < -0.4 is 10.9 Å². The van der Waals surface area contributed by atoms with E-state index in [1.807, 2.05) is 30.3 Å². The molecule has 1 fully saturated rings. The minimum Gasteiger partial charge on any atom is -0.348 e. The lowest BCUT2D eigenvalue weighted by Gasteiger charge is -2.34. The monoisotopic (exact) mass is 418 g/mol. The second kappa shape index (κ2) is 9.45. The molecule has 3 aromatic rings. The molecule has 0 spiro atoms. The fourth-order valence-electron chi connectivity index (χ4n) is 4.26. The van der Waals surface area contributed by atoms with Gasteiger partial charge in [0.05, 0.1) is 11.1 Å². The van der Waals surface area contributed by atoms with Crippen molar-refractivity contribution in [3.63, 3.8) is 0 Å². The number of piperazine rings is 1. The number of carbonyl (C=O) groups excluding carboxylic acids is 1. The van der Waals surface area contributed by atoms with E-state index < -0.39 is 0 Å². The van der Waals surface area contributed by atoms with E-state index >= 15 is 0 Å². The summed E-state index contributed by atoms with van der Waals surface area (Å²) in [6, 6.07) is 17.2. The smallest absolute Gasteiger partial charge is 0.252 e. The van der Waals surface area contributed by atoms with Crippen molar-refractivity contribution in [2.24, 2.45) is 7.05 Å². The number of nitrogens with zero attached hydrogens (tertiary/aromatic N) is 3. The van der Waals surface area contributed by atoms with Crippen molar-refractivity contribution in [1.82, 2.24) is 19.7 Å². The third kappa shape index (κ3) is 4.70. The van der Waals surface area contributed by atoms with Gasteiger partial charge in [-0.1, -0.05) is 49.4 Å². The predicted octanol–water partition coefficient (Wildman–Crippen LogP) is 2.61. The minimum atomic E-state index is -0.222. The lowest BCUT2D eigenvalue weighted by Crippen LogP contribution is -2.45. The zero-order valence-corrected chi connectivity index (χ0v) is 18.3. The summed E-state index contributed by atoms with van der Waals surface area (Å²) in [6.07, 6.45) is 0. The summed E-state index contributed by atoms with van der Waals surface area (Å²) >= 11 is 0. The molecule has 0 saturated carbocycles.